The number of rotatable bonds is 2. The van der Waals surface area contributed by atoms with Crippen LogP contribution in [0.5, 0.6) is 0 Å². The lowest BCUT2D eigenvalue weighted by Crippen LogP contribution is -2.10. The summed E-state index contributed by atoms with van der Waals surface area (Å²) < 4.78 is 0. The number of carbonyl (C=O) groups is 1. The van der Waals surface area contributed by atoms with Gasteiger partial charge in [-0.25, -0.2) is 0 Å². The van der Waals surface area contributed by atoms with Gasteiger partial charge in [-0.15, -0.1) is 0 Å². The number of carboxylic acid groups (broad SMARTS) is 1. The molecule has 0 aliphatic heterocycles. The van der Waals surface area contributed by atoms with Crippen molar-refractivity contribution in [1.82, 2.24) is 0 Å². The van der Waals surface area contributed by atoms with Crippen molar-refractivity contribution in [2.75, 3.05) is 6.61 Å². The first kappa shape index (κ1) is 6.55. The van der Waals surface area contributed by atoms with Crippen molar-refractivity contribution in [1.29, 1.82) is 0 Å². The number of hydrogen-bond donors (Lipinski definition) is 2. The fraction of sp³-hybridized carbons (Fsp3) is 0.833. The molecule has 2 atom stereocenters. The Hall–Kier alpha value is -0.570. The van der Waals surface area contributed by atoms with Crippen molar-refractivity contribution in [2.24, 2.45) is 11.3 Å². The van der Waals surface area contributed by atoms with Crippen LogP contribution < -0.4 is 0 Å². The molecule has 0 amide bonds. The molecule has 0 radical (unpaired) electrons. The van der Waals surface area contributed by atoms with Crippen molar-refractivity contribution in [2.45, 2.75) is 13.3 Å². The van der Waals surface area contributed by atoms with E-state index in [2.05, 4.69) is 0 Å². The van der Waals surface area contributed by atoms with Crippen LogP contribution >= 0.6 is 0 Å². The first-order valence-corrected chi connectivity index (χ1v) is 2.94. The van der Waals surface area contributed by atoms with Crippen molar-refractivity contribution in [3.8, 4) is 0 Å². The van der Waals surface area contributed by atoms with Gasteiger partial charge in [0.25, 0.3) is 0 Å². The van der Waals surface area contributed by atoms with Crippen LogP contribution in [0.25, 0.3) is 0 Å². The Morgan fingerprint density at radius 3 is 2.56 bits per heavy atom. The zero-order valence-corrected chi connectivity index (χ0v) is 5.29. The minimum atomic E-state index is -0.786. The van der Waals surface area contributed by atoms with Crippen LogP contribution in [0.15, 0.2) is 0 Å². The van der Waals surface area contributed by atoms with Crippen LogP contribution in [0, 0.1) is 11.3 Å². The molecule has 2 unspecified atom stereocenters. The lowest BCUT2D eigenvalue weighted by molar-refractivity contribution is -0.139. The van der Waals surface area contributed by atoms with Crippen molar-refractivity contribution >= 4 is 5.97 Å². The molecule has 0 aromatic carbocycles. The van der Waals surface area contributed by atoms with Gasteiger partial charge in [0.15, 0.2) is 0 Å². The van der Waals surface area contributed by atoms with Crippen molar-refractivity contribution < 1.29 is 15.0 Å². The highest BCUT2D eigenvalue weighted by Gasteiger charge is 2.54. The molecule has 52 valence electrons. The highest BCUT2D eigenvalue weighted by molar-refractivity contribution is 5.74. The zero-order valence-electron chi connectivity index (χ0n) is 5.29. The summed E-state index contributed by atoms with van der Waals surface area (Å²) in [6.45, 7) is 1.77. The summed E-state index contributed by atoms with van der Waals surface area (Å²) in [4.78, 5) is 10.2. The van der Waals surface area contributed by atoms with E-state index in [1.165, 1.54) is 0 Å². The normalized spacial score (nSPS) is 40.4. The standard InChI is InChI=1S/C6H10O3/c1-6(3-7)2-4(6)5(8)9/h4,7H,2-3H2,1H3,(H,8,9). The maximum atomic E-state index is 10.2. The van der Waals surface area contributed by atoms with E-state index in [1.54, 1.807) is 6.92 Å². The molecule has 3 nitrogen and oxygen atoms in total. The third-order valence-corrected chi connectivity index (χ3v) is 2.01. The van der Waals surface area contributed by atoms with E-state index in [-0.39, 0.29) is 17.9 Å². The molecule has 0 saturated heterocycles. The van der Waals surface area contributed by atoms with E-state index in [0.717, 1.165) is 0 Å². The summed E-state index contributed by atoms with van der Waals surface area (Å²) in [6, 6.07) is 0. The Morgan fingerprint density at radius 1 is 1.89 bits per heavy atom. The van der Waals surface area contributed by atoms with Gasteiger partial charge in [0.1, 0.15) is 0 Å². The number of carboxylic acids is 1. The SMILES string of the molecule is CC1(CO)CC1C(=O)O. The predicted octanol–water partition coefficient (Wildman–Crippen LogP) is 0.0895. The van der Waals surface area contributed by atoms with Crippen LogP contribution in [0.4, 0.5) is 0 Å². The van der Waals surface area contributed by atoms with Crippen LogP contribution in [0.3, 0.4) is 0 Å². The number of aliphatic hydroxyl groups is 1. The van der Waals surface area contributed by atoms with Gasteiger partial charge in [-0.3, -0.25) is 4.79 Å². The molecular weight excluding hydrogens is 120 g/mol. The fourth-order valence-corrected chi connectivity index (χ4v) is 0.968. The van der Waals surface area contributed by atoms with Crippen LogP contribution in [-0.4, -0.2) is 22.8 Å². The molecule has 0 aromatic rings. The molecule has 1 saturated carbocycles. The summed E-state index contributed by atoms with van der Waals surface area (Å²) in [5.74, 6) is -1.09. The molecule has 1 aliphatic rings. The lowest BCUT2D eigenvalue weighted by atomic mass is 10.1. The van der Waals surface area contributed by atoms with Gasteiger partial charge in [-0.2, -0.15) is 0 Å². The highest BCUT2D eigenvalue weighted by Crippen LogP contribution is 2.51. The second-order valence-corrected chi connectivity index (χ2v) is 2.91. The molecule has 0 bridgehead atoms. The van der Waals surface area contributed by atoms with Gasteiger partial charge in [-0.05, 0) is 6.42 Å². The molecule has 1 fully saturated rings. The average molecular weight is 130 g/mol. The summed E-state index contributed by atoms with van der Waals surface area (Å²) in [5.41, 5.74) is -0.314. The fourth-order valence-electron chi connectivity index (χ4n) is 0.968. The van der Waals surface area contributed by atoms with Gasteiger partial charge in [-0.1, -0.05) is 6.92 Å². The lowest BCUT2D eigenvalue weighted by Gasteiger charge is -2.00. The molecule has 1 rings (SSSR count). The Bertz CT molecular complexity index is 143. The van der Waals surface area contributed by atoms with E-state index in [1.807, 2.05) is 0 Å². The second-order valence-electron chi connectivity index (χ2n) is 2.91. The van der Waals surface area contributed by atoms with Crippen LogP contribution in [0.2, 0.25) is 0 Å². The van der Waals surface area contributed by atoms with Crippen molar-refractivity contribution in [3.05, 3.63) is 0 Å². The van der Waals surface area contributed by atoms with E-state index in [4.69, 9.17) is 10.2 Å². The molecule has 3 heteroatoms. The number of aliphatic hydroxyl groups excluding tert-OH is 1. The van der Waals surface area contributed by atoms with Gasteiger partial charge in [0, 0.05) is 12.0 Å². The minimum absolute atomic E-state index is 0.00995. The average Bonchev–Trinajstić information content (AvgIpc) is 2.44. The Balaban J connectivity index is 2.48. The van der Waals surface area contributed by atoms with E-state index in [9.17, 15) is 4.79 Å². The Morgan fingerprint density at radius 2 is 2.44 bits per heavy atom. The third-order valence-electron chi connectivity index (χ3n) is 2.01. The maximum Gasteiger partial charge on any atom is 0.307 e. The van der Waals surface area contributed by atoms with Gasteiger partial charge >= 0.3 is 5.97 Å². The molecule has 1 aliphatic carbocycles. The highest BCUT2D eigenvalue weighted by atomic mass is 16.4. The summed E-state index contributed by atoms with van der Waals surface area (Å²) in [6.07, 6.45) is 0.624. The maximum absolute atomic E-state index is 10.2. The molecule has 0 heterocycles. The smallest absolute Gasteiger partial charge is 0.307 e. The van der Waals surface area contributed by atoms with Crippen LogP contribution in [-0.2, 0) is 4.79 Å². The number of aliphatic carboxylic acids is 1. The quantitative estimate of drug-likeness (QED) is 0.557. The van der Waals surface area contributed by atoms with Crippen LogP contribution in [0.1, 0.15) is 13.3 Å². The number of hydrogen-bond acceptors (Lipinski definition) is 2. The van der Waals surface area contributed by atoms with E-state index >= 15 is 0 Å². The predicted molar refractivity (Wildman–Crippen MR) is 30.9 cm³/mol. The van der Waals surface area contributed by atoms with Crippen molar-refractivity contribution in [3.63, 3.8) is 0 Å². The molecule has 0 aromatic heterocycles. The summed E-state index contributed by atoms with van der Waals surface area (Å²) in [5, 5.41) is 17.0. The topological polar surface area (TPSA) is 57.5 Å². The van der Waals surface area contributed by atoms with E-state index in [0.29, 0.717) is 6.42 Å². The first-order chi connectivity index (χ1) is 4.10. The molecule has 2 N–H and O–H groups in total. The van der Waals surface area contributed by atoms with Gasteiger partial charge < -0.3 is 10.2 Å². The van der Waals surface area contributed by atoms with E-state index < -0.39 is 5.97 Å². The summed E-state index contributed by atoms with van der Waals surface area (Å²) in [7, 11) is 0. The second kappa shape index (κ2) is 1.70. The zero-order chi connectivity index (χ0) is 7.07. The third kappa shape index (κ3) is 0.920. The largest absolute Gasteiger partial charge is 0.481 e. The Labute approximate surface area is 53.3 Å². The molecule has 0 spiro atoms. The monoisotopic (exact) mass is 130 g/mol. The first-order valence-electron chi connectivity index (χ1n) is 2.94. The van der Waals surface area contributed by atoms with Gasteiger partial charge in [0.05, 0.1) is 5.92 Å². The molecular formula is C6H10O3. The Kier molecular flexibility index (Phi) is 1.24. The van der Waals surface area contributed by atoms with Gasteiger partial charge in [0.2, 0.25) is 0 Å². The summed E-state index contributed by atoms with van der Waals surface area (Å²) >= 11 is 0. The molecule has 9 heavy (non-hydrogen) atoms. The minimum Gasteiger partial charge on any atom is -0.481 e.